The molecule has 2 aromatic rings. The molecular weight excluding hydrogens is 262 g/mol. The Hall–Kier alpha value is -2.67. The van der Waals surface area contributed by atoms with Crippen molar-refractivity contribution in [3.8, 4) is 11.8 Å². The first-order valence-corrected chi connectivity index (χ1v) is 6.73. The van der Waals surface area contributed by atoms with Gasteiger partial charge in [-0.15, -0.1) is 0 Å². The molecule has 0 aliphatic carbocycles. The van der Waals surface area contributed by atoms with Crippen molar-refractivity contribution in [3.63, 3.8) is 0 Å². The summed E-state index contributed by atoms with van der Waals surface area (Å²) in [4.78, 5) is 2.13. The van der Waals surface area contributed by atoms with Crippen LogP contribution in [0.15, 0.2) is 42.5 Å². The van der Waals surface area contributed by atoms with Gasteiger partial charge in [0.15, 0.2) is 0 Å². The van der Waals surface area contributed by atoms with Crippen LogP contribution >= 0.6 is 0 Å². The van der Waals surface area contributed by atoms with Crippen LogP contribution in [0.4, 0.5) is 11.4 Å². The van der Waals surface area contributed by atoms with Gasteiger partial charge in [-0.05, 0) is 41.5 Å². The number of anilines is 2. The second kappa shape index (κ2) is 6.67. The summed E-state index contributed by atoms with van der Waals surface area (Å²) in [6.07, 6.45) is 0.329. The highest BCUT2D eigenvalue weighted by atomic mass is 16.5. The van der Waals surface area contributed by atoms with Crippen LogP contribution in [0.25, 0.3) is 0 Å². The maximum absolute atomic E-state index is 8.83. The molecule has 2 N–H and O–H groups in total. The van der Waals surface area contributed by atoms with E-state index in [0.717, 1.165) is 23.5 Å². The lowest BCUT2D eigenvalue weighted by Gasteiger charge is -2.20. The summed E-state index contributed by atoms with van der Waals surface area (Å²) in [6, 6.07) is 15.9. The van der Waals surface area contributed by atoms with Crippen molar-refractivity contribution in [2.24, 2.45) is 0 Å². The van der Waals surface area contributed by atoms with E-state index in [9.17, 15) is 0 Å². The van der Waals surface area contributed by atoms with Crippen LogP contribution in [-0.2, 0) is 13.0 Å². The van der Waals surface area contributed by atoms with Gasteiger partial charge in [-0.1, -0.05) is 12.1 Å². The molecule has 4 nitrogen and oxygen atoms in total. The van der Waals surface area contributed by atoms with Crippen LogP contribution in [0.5, 0.6) is 5.75 Å². The van der Waals surface area contributed by atoms with E-state index in [1.165, 1.54) is 5.56 Å². The number of rotatable bonds is 5. The standard InChI is InChI=1S/C17H19N3O/c1-20(12-13-3-6-16(21-2)7-4-13)15-5-8-17(19)14(11-15)9-10-18/h3-8,11H,9,12,19H2,1-2H3. The minimum absolute atomic E-state index is 0.329. The molecule has 4 heteroatoms. The Morgan fingerprint density at radius 3 is 2.52 bits per heavy atom. The minimum Gasteiger partial charge on any atom is -0.497 e. The van der Waals surface area contributed by atoms with E-state index in [0.29, 0.717) is 12.1 Å². The summed E-state index contributed by atoms with van der Waals surface area (Å²) in [5.74, 6) is 0.852. The van der Waals surface area contributed by atoms with Crippen molar-refractivity contribution >= 4 is 11.4 Å². The van der Waals surface area contributed by atoms with E-state index >= 15 is 0 Å². The molecule has 0 aromatic heterocycles. The fraction of sp³-hybridized carbons (Fsp3) is 0.235. The summed E-state index contributed by atoms with van der Waals surface area (Å²) in [5.41, 5.74) is 9.65. The first-order valence-electron chi connectivity index (χ1n) is 6.73. The third-order valence-electron chi connectivity index (χ3n) is 3.42. The normalized spacial score (nSPS) is 9.95. The topological polar surface area (TPSA) is 62.3 Å². The quantitative estimate of drug-likeness (QED) is 0.856. The zero-order chi connectivity index (χ0) is 15.2. The summed E-state index contributed by atoms with van der Waals surface area (Å²) in [6.45, 7) is 0.778. The van der Waals surface area contributed by atoms with Gasteiger partial charge in [0, 0.05) is 25.0 Å². The molecule has 0 bridgehead atoms. The highest BCUT2D eigenvalue weighted by molar-refractivity contribution is 5.59. The molecule has 0 aliphatic heterocycles. The average Bonchev–Trinajstić information content (AvgIpc) is 2.50. The number of nitrogens with two attached hydrogens (primary N) is 1. The van der Waals surface area contributed by atoms with E-state index in [2.05, 4.69) is 11.0 Å². The molecule has 0 unspecified atom stereocenters. The lowest BCUT2D eigenvalue weighted by molar-refractivity contribution is 0.414. The highest BCUT2D eigenvalue weighted by Crippen LogP contribution is 2.22. The molecule has 0 atom stereocenters. The molecule has 0 fully saturated rings. The number of hydrogen-bond acceptors (Lipinski definition) is 4. The predicted octanol–water partition coefficient (Wildman–Crippen LogP) is 2.98. The van der Waals surface area contributed by atoms with Gasteiger partial charge in [0.05, 0.1) is 19.6 Å². The number of methoxy groups -OCH3 is 1. The van der Waals surface area contributed by atoms with E-state index in [1.807, 2.05) is 49.5 Å². The Morgan fingerprint density at radius 1 is 1.19 bits per heavy atom. The SMILES string of the molecule is COc1ccc(CN(C)c2ccc(N)c(CC#N)c2)cc1. The minimum atomic E-state index is 0.329. The van der Waals surface area contributed by atoms with Gasteiger partial charge < -0.3 is 15.4 Å². The number of ether oxygens (including phenoxy) is 1. The number of nitriles is 1. The first kappa shape index (κ1) is 14.7. The smallest absolute Gasteiger partial charge is 0.118 e. The van der Waals surface area contributed by atoms with Gasteiger partial charge in [-0.25, -0.2) is 0 Å². The number of benzene rings is 2. The molecule has 108 valence electrons. The van der Waals surface area contributed by atoms with Gasteiger partial charge in [0.25, 0.3) is 0 Å². The summed E-state index contributed by atoms with van der Waals surface area (Å²) in [5, 5.41) is 8.83. The Balaban J connectivity index is 2.14. The first-order chi connectivity index (χ1) is 10.1. The Kier molecular flexibility index (Phi) is 4.68. The Morgan fingerprint density at radius 2 is 1.90 bits per heavy atom. The van der Waals surface area contributed by atoms with Gasteiger partial charge >= 0.3 is 0 Å². The number of nitrogen functional groups attached to an aromatic ring is 1. The fourth-order valence-corrected chi connectivity index (χ4v) is 2.16. The molecule has 0 amide bonds. The third kappa shape index (κ3) is 3.67. The van der Waals surface area contributed by atoms with Crippen molar-refractivity contribution in [1.29, 1.82) is 5.26 Å². The van der Waals surface area contributed by atoms with E-state index in [4.69, 9.17) is 15.7 Å². The highest BCUT2D eigenvalue weighted by Gasteiger charge is 2.06. The molecule has 0 saturated heterocycles. The molecule has 21 heavy (non-hydrogen) atoms. The molecule has 0 spiro atoms. The molecule has 0 saturated carbocycles. The van der Waals surface area contributed by atoms with Gasteiger partial charge in [0.2, 0.25) is 0 Å². The van der Waals surface area contributed by atoms with Crippen LogP contribution in [0.2, 0.25) is 0 Å². The zero-order valence-corrected chi connectivity index (χ0v) is 12.3. The lowest BCUT2D eigenvalue weighted by Crippen LogP contribution is -2.16. The van der Waals surface area contributed by atoms with E-state index in [1.54, 1.807) is 7.11 Å². The fourth-order valence-electron chi connectivity index (χ4n) is 2.16. The van der Waals surface area contributed by atoms with Crippen molar-refractivity contribution in [2.45, 2.75) is 13.0 Å². The lowest BCUT2D eigenvalue weighted by atomic mass is 10.1. The number of hydrogen-bond donors (Lipinski definition) is 1. The van der Waals surface area contributed by atoms with Crippen LogP contribution in [0.3, 0.4) is 0 Å². The monoisotopic (exact) mass is 281 g/mol. The van der Waals surface area contributed by atoms with Crippen LogP contribution in [0.1, 0.15) is 11.1 Å². The molecule has 2 rings (SSSR count). The van der Waals surface area contributed by atoms with Crippen molar-refractivity contribution in [3.05, 3.63) is 53.6 Å². The predicted molar refractivity (Wildman–Crippen MR) is 85.3 cm³/mol. The number of nitrogens with zero attached hydrogens (tertiary/aromatic N) is 2. The van der Waals surface area contributed by atoms with Crippen molar-refractivity contribution in [2.75, 3.05) is 24.8 Å². The Bertz CT molecular complexity index is 644. The third-order valence-corrected chi connectivity index (χ3v) is 3.42. The molecule has 0 heterocycles. The maximum atomic E-state index is 8.83. The average molecular weight is 281 g/mol. The summed E-state index contributed by atoms with van der Waals surface area (Å²) < 4.78 is 5.16. The van der Waals surface area contributed by atoms with Gasteiger partial charge in [-0.2, -0.15) is 5.26 Å². The molecule has 2 aromatic carbocycles. The summed E-state index contributed by atoms with van der Waals surface area (Å²) >= 11 is 0. The van der Waals surface area contributed by atoms with Crippen molar-refractivity contribution < 1.29 is 4.74 Å². The molecule has 0 aliphatic rings. The second-order valence-corrected chi connectivity index (χ2v) is 4.92. The van der Waals surface area contributed by atoms with E-state index < -0.39 is 0 Å². The molecule has 0 radical (unpaired) electrons. The van der Waals surface area contributed by atoms with Gasteiger partial charge in [0.1, 0.15) is 5.75 Å². The maximum Gasteiger partial charge on any atom is 0.118 e. The van der Waals surface area contributed by atoms with Crippen LogP contribution in [-0.4, -0.2) is 14.2 Å². The van der Waals surface area contributed by atoms with Gasteiger partial charge in [-0.3, -0.25) is 0 Å². The Labute approximate surface area is 125 Å². The zero-order valence-electron chi connectivity index (χ0n) is 12.3. The van der Waals surface area contributed by atoms with Crippen LogP contribution in [0, 0.1) is 11.3 Å². The van der Waals surface area contributed by atoms with E-state index in [-0.39, 0.29) is 0 Å². The molecular formula is C17H19N3O. The van der Waals surface area contributed by atoms with Crippen LogP contribution < -0.4 is 15.4 Å². The van der Waals surface area contributed by atoms with Crippen molar-refractivity contribution in [1.82, 2.24) is 0 Å². The summed E-state index contributed by atoms with van der Waals surface area (Å²) in [7, 11) is 3.68. The second-order valence-electron chi connectivity index (χ2n) is 4.92. The largest absolute Gasteiger partial charge is 0.497 e.